The van der Waals surface area contributed by atoms with Gasteiger partial charge in [-0.25, -0.2) is 0 Å². The first-order valence-corrected chi connectivity index (χ1v) is 12.2. The van der Waals surface area contributed by atoms with Gasteiger partial charge in [0.15, 0.2) is 0 Å². The Bertz CT molecular complexity index is 901. The van der Waals surface area contributed by atoms with Crippen LogP contribution in [0.15, 0.2) is 89.8 Å². The van der Waals surface area contributed by atoms with Crippen molar-refractivity contribution in [2.45, 2.75) is 23.1 Å². The fourth-order valence-corrected chi connectivity index (χ4v) is 6.44. The van der Waals surface area contributed by atoms with E-state index in [1.807, 2.05) is 55.5 Å². The van der Waals surface area contributed by atoms with Gasteiger partial charge in [0.1, 0.15) is 0 Å². The van der Waals surface area contributed by atoms with Gasteiger partial charge in [-0.3, -0.25) is 0 Å². The quantitative estimate of drug-likeness (QED) is 0.542. The van der Waals surface area contributed by atoms with Gasteiger partial charge in [-0.1, -0.05) is 0 Å². The summed E-state index contributed by atoms with van der Waals surface area (Å²) in [6.07, 6.45) is 0.853. The van der Waals surface area contributed by atoms with Crippen molar-refractivity contribution in [2.24, 2.45) is 0 Å². The second-order valence-corrected chi connectivity index (χ2v) is 11.1. The van der Waals surface area contributed by atoms with Crippen molar-refractivity contribution in [1.82, 2.24) is 4.72 Å². The Morgan fingerprint density at radius 2 is 1.44 bits per heavy atom. The molecule has 3 rings (SSSR count). The van der Waals surface area contributed by atoms with Crippen LogP contribution in [0.1, 0.15) is 11.1 Å². The van der Waals surface area contributed by atoms with Crippen LogP contribution < -0.4 is 9.18 Å². The minimum atomic E-state index is -3.50. The van der Waals surface area contributed by atoms with Crippen LogP contribution in [0.3, 0.4) is 0 Å². The molecule has 0 radical (unpaired) electrons. The van der Waals surface area contributed by atoms with Gasteiger partial charge in [0.2, 0.25) is 0 Å². The first-order valence-electron chi connectivity index (χ1n) is 8.85. The molecule has 0 aliphatic carbocycles. The van der Waals surface area contributed by atoms with Crippen molar-refractivity contribution in [2.75, 3.05) is 6.54 Å². The molecule has 3 aromatic rings. The Labute approximate surface area is 168 Å². The molecule has 0 aliphatic rings. The number of benzene rings is 3. The van der Waals surface area contributed by atoms with Crippen LogP contribution in [0, 0.1) is 6.92 Å². The van der Waals surface area contributed by atoms with E-state index in [4.69, 9.17) is 0 Å². The van der Waals surface area contributed by atoms with Gasteiger partial charge in [0, 0.05) is 0 Å². The zero-order valence-corrected chi connectivity index (χ0v) is 17.7. The molecule has 140 valence electrons. The molecule has 0 saturated heterocycles. The summed E-state index contributed by atoms with van der Waals surface area (Å²) in [5.74, 6) is 0. The van der Waals surface area contributed by atoms with Crippen LogP contribution in [0.25, 0.3) is 0 Å². The molecule has 0 amide bonds. The SMILES string of the molecule is Cc1ccc(S(=O)(=O)NCC(Cc2ccccc2)[Se]c2ccccc2)cc1. The van der Waals surface area contributed by atoms with Gasteiger partial charge in [0.05, 0.1) is 0 Å². The molecular weight excluding hydrogens is 421 g/mol. The van der Waals surface area contributed by atoms with Crippen molar-refractivity contribution in [3.05, 3.63) is 96.1 Å². The van der Waals surface area contributed by atoms with Crippen LogP contribution in [0.2, 0.25) is 4.82 Å². The van der Waals surface area contributed by atoms with Crippen molar-refractivity contribution < 1.29 is 8.42 Å². The predicted octanol–water partition coefficient (Wildman–Crippen LogP) is 3.33. The molecule has 1 N–H and O–H groups in total. The molecule has 0 fully saturated rings. The summed E-state index contributed by atoms with van der Waals surface area (Å²) in [6, 6.07) is 27.5. The van der Waals surface area contributed by atoms with E-state index in [9.17, 15) is 8.42 Å². The summed E-state index contributed by atoms with van der Waals surface area (Å²) >= 11 is 0.174. The molecule has 0 heterocycles. The number of hydrogen-bond acceptors (Lipinski definition) is 2. The fraction of sp³-hybridized carbons (Fsp3) is 0.182. The second-order valence-electron chi connectivity index (χ2n) is 6.41. The van der Waals surface area contributed by atoms with Gasteiger partial charge in [0.25, 0.3) is 0 Å². The maximum absolute atomic E-state index is 12.6. The molecule has 1 atom stereocenters. The Morgan fingerprint density at radius 3 is 2.07 bits per heavy atom. The number of aryl methyl sites for hydroxylation is 1. The maximum atomic E-state index is 12.6. The average Bonchev–Trinajstić information content (AvgIpc) is 2.68. The fourth-order valence-electron chi connectivity index (χ4n) is 2.73. The third-order valence-corrected chi connectivity index (χ3v) is 8.16. The second kappa shape index (κ2) is 9.34. The number of rotatable bonds is 8. The van der Waals surface area contributed by atoms with E-state index in [1.165, 1.54) is 10.0 Å². The minimum absolute atomic E-state index is 0.174. The Balaban J connectivity index is 1.73. The van der Waals surface area contributed by atoms with Crippen LogP contribution in [0.4, 0.5) is 0 Å². The standard InChI is InChI=1S/C22H23NO2SSe/c1-18-12-14-20(15-13-18)26(24,25)23-17-22(16-19-8-4-2-5-9-19)27-21-10-6-3-7-11-21/h2-15,22-23H,16-17H2,1H3. The molecule has 0 aliphatic heterocycles. The van der Waals surface area contributed by atoms with E-state index in [-0.39, 0.29) is 19.8 Å². The zero-order chi connectivity index (χ0) is 19.1. The van der Waals surface area contributed by atoms with Gasteiger partial charge >= 0.3 is 168 Å². The van der Waals surface area contributed by atoms with Crippen LogP contribution in [0.5, 0.6) is 0 Å². The molecule has 3 nitrogen and oxygen atoms in total. The third-order valence-electron chi connectivity index (χ3n) is 4.18. The third kappa shape index (κ3) is 6.05. The summed E-state index contributed by atoms with van der Waals surface area (Å²) in [6.45, 7) is 2.38. The summed E-state index contributed by atoms with van der Waals surface area (Å²) < 4.78 is 29.4. The molecule has 0 bridgehead atoms. The number of hydrogen-bond donors (Lipinski definition) is 1. The average molecular weight is 444 g/mol. The van der Waals surface area contributed by atoms with Crippen LogP contribution in [-0.2, 0) is 16.4 Å². The van der Waals surface area contributed by atoms with E-state index < -0.39 is 10.0 Å². The van der Waals surface area contributed by atoms with Gasteiger partial charge in [-0.15, -0.1) is 0 Å². The van der Waals surface area contributed by atoms with Gasteiger partial charge in [-0.05, 0) is 0 Å². The Morgan fingerprint density at radius 1 is 0.852 bits per heavy atom. The Hall–Kier alpha value is -1.91. The van der Waals surface area contributed by atoms with E-state index in [0.29, 0.717) is 11.4 Å². The van der Waals surface area contributed by atoms with Crippen LogP contribution in [-0.4, -0.2) is 29.9 Å². The molecule has 27 heavy (non-hydrogen) atoms. The van der Waals surface area contributed by atoms with Gasteiger partial charge < -0.3 is 0 Å². The monoisotopic (exact) mass is 445 g/mol. The van der Waals surface area contributed by atoms with Crippen molar-refractivity contribution >= 4 is 29.4 Å². The van der Waals surface area contributed by atoms with Crippen LogP contribution >= 0.6 is 0 Å². The molecule has 3 aromatic carbocycles. The molecular formula is C22H23NO2SSe. The number of nitrogens with one attached hydrogen (secondary N) is 1. The van der Waals surface area contributed by atoms with E-state index in [1.54, 1.807) is 12.1 Å². The molecule has 0 aromatic heterocycles. The molecule has 1 unspecified atom stereocenters. The van der Waals surface area contributed by atoms with Gasteiger partial charge in [-0.2, -0.15) is 0 Å². The van der Waals surface area contributed by atoms with Crippen molar-refractivity contribution in [3.8, 4) is 0 Å². The number of sulfonamides is 1. The van der Waals surface area contributed by atoms with Crippen molar-refractivity contribution in [1.29, 1.82) is 0 Å². The molecule has 5 heteroatoms. The summed E-state index contributed by atoms with van der Waals surface area (Å²) in [5.41, 5.74) is 2.28. The molecule has 0 saturated carbocycles. The topological polar surface area (TPSA) is 46.2 Å². The van der Waals surface area contributed by atoms with E-state index >= 15 is 0 Å². The Kier molecular flexibility index (Phi) is 6.86. The predicted molar refractivity (Wildman–Crippen MR) is 112 cm³/mol. The van der Waals surface area contributed by atoms with E-state index in [0.717, 1.165) is 12.0 Å². The first-order chi connectivity index (χ1) is 13.0. The summed E-state index contributed by atoms with van der Waals surface area (Å²) in [4.78, 5) is 0.557. The first kappa shape index (κ1) is 19.8. The zero-order valence-electron chi connectivity index (χ0n) is 15.2. The summed E-state index contributed by atoms with van der Waals surface area (Å²) in [5, 5.41) is 0. The van der Waals surface area contributed by atoms with E-state index in [2.05, 4.69) is 29.0 Å². The van der Waals surface area contributed by atoms with Crippen molar-refractivity contribution in [3.63, 3.8) is 0 Å². The molecule has 0 spiro atoms. The summed E-state index contributed by atoms with van der Waals surface area (Å²) in [7, 11) is -3.50. The normalized spacial score (nSPS) is 12.6.